The normalized spacial score (nSPS) is 12.5. The zero-order valence-electron chi connectivity index (χ0n) is 12.7. The lowest BCUT2D eigenvalue weighted by Crippen LogP contribution is -2.31. The van der Waals surface area contributed by atoms with Crippen LogP contribution < -0.4 is 10.6 Å². The zero-order chi connectivity index (χ0) is 14.3. The van der Waals surface area contributed by atoms with Gasteiger partial charge in [0.15, 0.2) is 0 Å². The Balaban J connectivity index is 2.78. The van der Waals surface area contributed by atoms with Crippen LogP contribution in [0.4, 0.5) is 11.8 Å². The molecule has 5 heteroatoms. The number of hydrogen-bond donors (Lipinski definition) is 2. The Hall–Kier alpha value is -1.36. The van der Waals surface area contributed by atoms with E-state index in [2.05, 4.69) is 41.4 Å². The molecule has 1 aromatic heterocycles. The summed E-state index contributed by atoms with van der Waals surface area (Å²) in [6.45, 7) is 9.98. The van der Waals surface area contributed by atoms with Gasteiger partial charge in [0.2, 0.25) is 5.95 Å². The first-order valence-corrected chi connectivity index (χ1v) is 6.91. The molecule has 0 aromatic carbocycles. The van der Waals surface area contributed by atoms with Crippen molar-refractivity contribution in [1.29, 1.82) is 0 Å². The number of nitrogens with one attached hydrogen (secondary N) is 2. The summed E-state index contributed by atoms with van der Waals surface area (Å²) in [4.78, 5) is 8.86. The maximum absolute atomic E-state index is 5.24. The van der Waals surface area contributed by atoms with Crippen LogP contribution >= 0.6 is 0 Å². The molecule has 0 fully saturated rings. The van der Waals surface area contributed by atoms with E-state index in [1.807, 2.05) is 13.0 Å². The van der Waals surface area contributed by atoms with Gasteiger partial charge in [-0.05, 0) is 19.3 Å². The highest BCUT2D eigenvalue weighted by Crippen LogP contribution is 2.14. The van der Waals surface area contributed by atoms with Gasteiger partial charge in [-0.25, -0.2) is 4.98 Å². The molecule has 1 rings (SSSR count). The number of rotatable bonds is 8. The van der Waals surface area contributed by atoms with Gasteiger partial charge in [-0.3, -0.25) is 0 Å². The Kier molecular flexibility index (Phi) is 6.56. The lowest BCUT2D eigenvalue weighted by atomic mass is 10.1. The van der Waals surface area contributed by atoms with Gasteiger partial charge in [-0.1, -0.05) is 20.8 Å². The third-order valence-electron chi connectivity index (χ3n) is 2.87. The molecule has 1 atom stereocenters. The summed E-state index contributed by atoms with van der Waals surface area (Å²) in [5, 5.41) is 6.64. The van der Waals surface area contributed by atoms with E-state index in [0.29, 0.717) is 18.5 Å². The van der Waals surface area contributed by atoms with Crippen molar-refractivity contribution in [1.82, 2.24) is 9.97 Å². The van der Waals surface area contributed by atoms with Crippen molar-refractivity contribution >= 4 is 11.8 Å². The van der Waals surface area contributed by atoms with Crippen LogP contribution in [0.15, 0.2) is 6.07 Å². The number of methoxy groups -OCH3 is 1. The molecular formula is C14H26N4O. The molecule has 0 saturated carbocycles. The fourth-order valence-corrected chi connectivity index (χ4v) is 1.73. The van der Waals surface area contributed by atoms with Gasteiger partial charge in [0.05, 0.1) is 12.6 Å². The first-order chi connectivity index (χ1) is 9.06. The highest BCUT2D eigenvalue weighted by Gasteiger charge is 2.14. The summed E-state index contributed by atoms with van der Waals surface area (Å²) < 4.78 is 5.24. The van der Waals surface area contributed by atoms with Gasteiger partial charge in [-0.2, -0.15) is 4.98 Å². The van der Waals surface area contributed by atoms with Crippen LogP contribution in [0.3, 0.4) is 0 Å². The van der Waals surface area contributed by atoms with E-state index in [9.17, 15) is 0 Å². The Morgan fingerprint density at radius 3 is 2.63 bits per heavy atom. The molecule has 0 aliphatic rings. The third kappa shape index (κ3) is 5.42. The molecule has 0 aliphatic heterocycles. The van der Waals surface area contributed by atoms with E-state index in [1.54, 1.807) is 7.11 Å². The van der Waals surface area contributed by atoms with Crippen molar-refractivity contribution < 1.29 is 4.74 Å². The molecule has 1 unspecified atom stereocenters. The predicted molar refractivity (Wildman–Crippen MR) is 79.7 cm³/mol. The van der Waals surface area contributed by atoms with Crippen molar-refractivity contribution in [3.8, 4) is 0 Å². The third-order valence-corrected chi connectivity index (χ3v) is 2.87. The molecule has 1 aromatic rings. The summed E-state index contributed by atoms with van der Waals surface area (Å²) in [6, 6.07) is 2.21. The van der Waals surface area contributed by atoms with Crippen LogP contribution in [0.25, 0.3) is 0 Å². The topological polar surface area (TPSA) is 59.1 Å². The minimum Gasteiger partial charge on any atom is -0.383 e. The molecule has 2 N–H and O–H groups in total. The van der Waals surface area contributed by atoms with Crippen molar-refractivity contribution in [2.45, 2.75) is 40.2 Å². The highest BCUT2D eigenvalue weighted by atomic mass is 16.5. The monoisotopic (exact) mass is 266 g/mol. The molecule has 19 heavy (non-hydrogen) atoms. The van der Waals surface area contributed by atoms with E-state index in [0.717, 1.165) is 24.5 Å². The van der Waals surface area contributed by atoms with Crippen molar-refractivity contribution in [3.63, 3.8) is 0 Å². The largest absolute Gasteiger partial charge is 0.383 e. The number of nitrogens with zero attached hydrogens (tertiary/aromatic N) is 2. The minimum absolute atomic E-state index is 0.248. The van der Waals surface area contributed by atoms with Crippen LogP contribution in [-0.4, -0.2) is 36.3 Å². The number of aromatic nitrogens is 2. The second-order valence-electron chi connectivity index (χ2n) is 5.10. The number of anilines is 2. The Labute approximate surface area is 116 Å². The molecule has 0 amide bonds. The second kappa shape index (κ2) is 7.94. The van der Waals surface area contributed by atoms with Gasteiger partial charge in [0.1, 0.15) is 5.82 Å². The maximum atomic E-state index is 5.24. The van der Waals surface area contributed by atoms with Gasteiger partial charge < -0.3 is 15.4 Å². The fourth-order valence-electron chi connectivity index (χ4n) is 1.73. The summed E-state index contributed by atoms with van der Waals surface area (Å²) in [5.74, 6) is 2.01. The standard InChI is InChI=1S/C14H26N4O/c1-6-7-15-14-16-11(4)8-13(18-14)17-12(9-19-5)10(2)3/h8,10,12H,6-7,9H2,1-5H3,(H2,15,16,17,18). The van der Waals surface area contributed by atoms with E-state index in [-0.39, 0.29) is 6.04 Å². The van der Waals surface area contributed by atoms with Crippen LogP contribution in [-0.2, 0) is 4.74 Å². The van der Waals surface area contributed by atoms with Crippen LogP contribution in [0.5, 0.6) is 0 Å². The SMILES string of the molecule is CCCNc1nc(C)cc(NC(COC)C(C)C)n1. The molecule has 108 valence electrons. The lowest BCUT2D eigenvalue weighted by molar-refractivity contribution is 0.171. The van der Waals surface area contributed by atoms with Crippen LogP contribution in [0.1, 0.15) is 32.9 Å². The molecule has 5 nitrogen and oxygen atoms in total. The molecule has 0 bridgehead atoms. The number of hydrogen-bond acceptors (Lipinski definition) is 5. The molecule has 0 saturated heterocycles. The predicted octanol–water partition coefficient (Wildman–Crippen LogP) is 2.69. The first kappa shape index (κ1) is 15.7. The summed E-state index contributed by atoms with van der Waals surface area (Å²) in [7, 11) is 1.72. The smallest absolute Gasteiger partial charge is 0.224 e. The van der Waals surface area contributed by atoms with Gasteiger partial charge in [0.25, 0.3) is 0 Å². The van der Waals surface area contributed by atoms with Crippen molar-refractivity contribution in [2.75, 3.05) is 30.9 Å². The highest BCUT2D eigenvalue weighted by molar-refractivity contribution is 5.43. The summed E-state index contributed by atoms with van der Waals surface area (Å²) in [6.07, 6.45) is 1.05. The number of aryl methyl sites for hydroxylation is 1. The summed E-state index contributed by atoms with van der Waals surface area (Å²) in [5.41, 5.74) is 0.955. The molecular weight excluding hydrogens is 240 g/mol. The molecule has 0 spiro atoms. The van der Waals surface area contributed by atoms with Gasteiger partial charge >= 0.3 is 0 Å². The van der Waals surface area contributed by atoms with E-state index in [1.165, 1.54) is 0 Å². The minimum atomic E-state index is 0.248. The average Bonchev–Trinajstić information content (AvgIpc) is 2.35. The van der Waals surface area contributed by atoms with E-state index >= 15 is 0 Å². The van der Waals surface area contributed by atoms with Crippen molar-refractivity contribution in [2.24, 2.45) is 5.92 Å². The lowest BCUT2D eigenvalue weighted by Gasteiger charge is -2.22. The van der Waals surface area contributed by atoms with E-state index in [4.69, 9.17) is 4.74 Å². The Bertz CT molecular complexity index is 382. The van der Waals surface area contributed by atoms with Gasteiger partial charge in [0, 0.05) is 25.4 Å². The van der Waals surface area contributed by atoms with Crippen LogP contribution in [0, 0.1) is 12.8 Å². The quantitative estimate of drug-likeness (QED) is 0.757. The fraction of sp³-hybridized carbons (Fsp3) is 0.714. The second-order valence-corrected chi connectivity index (χ2v) is 5.10. The molecule has 0 radical (unpaired) electrons. The number of ether oxygens (including phenoxy) is 1. The first-order valence-electron chi connectivity index (χ1n) is 6.91. The Morgan fingerprint density at radius 1 is 1.32 bits per heavy atom. The maximum Gasteiger partial charge on any atom is 0.224 e. The summed E-state index contributed by atoms with van der Waals surface area (Å²) >= 11 is 0. The average molecular weight is 266 g/mol. The molecule has 0 aliphatic carbocycles. The van der Waals surface area contributed by atoms with E-state index < -0.39 is 0 Å². The van der Waals surface area contributed by atoms with Crippen LogP contribution in [0.2, 0.25) is 0 Å². The van der Waals surface area contributed by atoms with Gasteiger partial charge in [-0.15, -0.1) is 0 Å². The zero-order valence-corrected chi connectivity index (χ0v) is 12.7. The Morgan fingerprint density at radius 2 is 2.05 bits per heavy atom. The van der Waals surface area contributed by atoms with Crippen molar-refractivity contribution in [3.05, 3.63) is 11.8 Å². The molecule has 1 heterocycles.